The van der Waals surface area contributed by atoms with Crippen LogP contribution in [0.1, 0.15) is 12.5 Å². The first-order chi connectivity index (χ1) is 9.26. The Morgan fingerprint density at radius 3 is 2.68 bits per heavy atom. The van der Waals surface area contributed by atoms with Crippen LogP contribution in [-0.2, 0) is 11.3 Å². The first-order valence-corrected chi connectivity index (χ1v) is 6.43. The minimum Gasteiger partial charge on any atom is -0.472 e. The third-order valence-electron chi connectivity index (χ3n) is 2.92. The normalized spacial score (nSPS) is 12.6. The van der Waals surface area contributed by atoms with E-state index in [1.165, 1.54) is 10.9 Å². The highest BCUT2D eigenvalue weighted by molar-refractivity contribution is 5.89. The van der Waals surface area contributed by atoms with Crippen LogP contribution in [-0.4, -0.2) is 31.9 Å². The van der Waals surface area contributed by atoms with Crippen LogP contribution in [0.25, 0.3) is 10.8 Å². The molecule has 0 saturated carbocycles. The maximum atomic E-state index is 5.84. The number of methoxy groups -OCH3 is 1. The summed E-state index contributed by atoms with van der Waals surface area (Å²) in [5, 5.41) is 5.37. The van der Waals surface area contributed by atoms with Gasteiger partial charge in [-0.1, -0.05) is 18.2 Å². The van der Waals surface area contributed by atoms with E-state index in [9.17, 15) is 0 Å². The summed E-state index contributed by atoms with van der Waals surface area (Å²) in [6.07, 6.45) is 1.85. The fourth-order valence-corrected chi connectivity index (χ4v) is 2.11. The molecule has 0 aliphatic heterocycles. The minimum absolute atomic E-state index is 0.0175. The number of hydrogen-bond donors (Lipinski definition) is 1. The molecule has 4 heteroatoms. The highest BCUT2D eigenvalue weighted by Crippen LogP contribution is 2.26. The van der Waals surface area contributed by atoms with Gasteiger partial charge in [0.05, 0.1) is 6.61 Å². The van der Waals surface area contributed by atoms with Crippen molar-refractivity contribution in [1.82, 2.24) is 10.3 Å². The van der Waals surface area contributed by atoms with Crippen molar-refractivity contribution in [3.63, 3.8) is 0 Å². The Morgan fingerprint density at radius 2 is 2.00 bits per heavy atom. The van der Waals surface area contributed by atoms with E-state index in [4.69, 9.17) is 9.47 Å². The molecule has 0 aliphatic rings. The lowest BCUT2D eigenvalue weighted by Gasteiger charge is -2.15. The van der Waals surface area contributed by atoms with E-state index >= 15 is 0 Å². The van der Waals surface area contributed by atoms with Gasteiger partial charge in [0.15, 0.2) is 0 Å². The molecule has 1 N–H and O–H groups in total. The molecule has 1 aromatic carbocycles. The van der Waals surface area contributed by atoms with E-state index in [-0.39, 0.29) is 6.10 Å². The average Bonchev–Trinajstić information content (AvgIpc) is 2.42. The predicted molar refractivity (Wildman–Crippen MR) is 76.5 cm³/mol. The van der Waals surface area contributed by atoms with Crippen molar-refractivity contribution >= 4 is 10.8 Å². The number of nitrogens with zero attached hydrogens (tertiary/aromatic N) is 1. The fraction of sp³-hybridized carbons (Fsp3) is 0.400. The lowest BCUT2D eigenvalue weighted by molar-refractivity contribution is 0.0901. The summed E-state index contributed by atoms with van der Waals surface area (Å²) in [4.78, 5) is 4.43. The second-order valence-corrected chi connectivity index (χ2v) is 4.55. The zero-order chi connectivity index (χ0) is 13.7. The van der Waals surface area contributed by atoms with Gasteiger partial charge in [0.1, 0.15) is 6.10 Å². The Labute approximate surface area is 113 Å². The number of hydrogen-bond acceptors (Lipinski definition) is 4. The van der Waals surface area contributed by atoms with E-state index in [1.807, 2.05) is 38.4 Å². The van der Waals surface area contributed by atoms with Crippen LogP contribution in [0.3, 0.4) is 0 Å². The smallest absolute Gasteiger partial charge is 0.221 e. The molecule has 1 atom stereocenters. The predicted octanol–water partition coefficient (Wildman–Crippen LogP) is 2.37. The quantitative estimate of drug-likeness (QED) is 0.866. The van der Waals surface area contributed by atoms with Crippen molar-refractivity contribution in [1.29, 1.82) is 0 Å². The van der Waals surface area contributed by atoms with Gasteiger partial charge in [0.25, 0.3) is 0 Å². The topological polar surface area (TPSA) is 43.4 Å². The van der Waals surface area contributed by atoms with Crippen molar-refractivity contribution in [3.8, 4) is 5.88 Å². The summed E-state index contributed by atoms with van der Waals surface area (Å²) in [7, 11) is 3.60. The molecule has 1 heterocycles. The van der Waals surface area contributed by atoms with Gasteiger partial charge < -0.3 is 14.8 Å². The summed E-state index contributed by atoms with van der Waals surface area (Å²) in [6, 6.07) is 8.17. The SMILES string of the molecule is CNCc1cnc(OC(C)COC)c2ccccc12. The second-order valence-electron chi connectivity index (χ2n) is 4.55. The molecule has 2 rings (SSSR count). The summed E-state index contributed by atoms with van der Waals surface area (Å²) < 4.78 is 10.9. The van der Waals surface area contributed by atoms with E-state index in [0.717, 1.165) is 11.9 Å². The number of fused-ring (bicyclic) bond motifs is 1. The maximum Gasteiger partial charge on any atom is 0.221 e. The fourth-order valence-electron chi connectivity index (χ4n) is 2.11. The Bertz CT molecular complexity index is 543. The molecule has 19 heavy (non-hydrogen) atoms. The van der Waals surface area contributed by atoms with E-state index in [0.29, 0.717) is 12.5 Å². The third-order valence-corrected chi connectivity index (χ3v) is 2.92. The largest absolute Gasteiger partial charge is 0.472 e. The second kappa shape index (κ2) is 6.50. The molecule has 0 radical (unpaired) electrons. The number of aromatic nitrogens is 1. The highest BCUT2D eigenvalue weighted by atomic mass is 16.5. The first kappa shape index (κ1) is 13.8. The van der Waals surface area contributed by atoms with Gasteiger partial charge in [-0.05, 0) is 31.0 Å². The monoisotopic (exact) mass is 260 g/mol. The van der Waals surface area contributed by atoms with Gasteiger partial charge in [0.2, 0.25) is 5.88 Å². The molecular formula is C15H20N2O2. The van der Waals surface area contributed by atoms with Crippen LogP contribution in [0.4, 0.5) is 0 Å². The summed E-state index contributed by atoms with van der Waals surface area (Å²) in [5.41, 5.74) is 1.17. The highest BCUT2D eigenvalue weighted by Gasteiger charge is 2.10. The van der Waals surface area contributed by atoms with Crippen molar-refractivity contribution in [2.45, 2.75) is 19.6 Å². The zero-order valence-corrected chi connectivity index (χ0v) is 11.6. The third kappa shape index (κ3) is 3.22. The van der Waals surface area contributed by atoms with Gasteiger partial charge in [-0.25, -0.2) is 4.98 Å². The van der Waals surface area contributed by atoms with Crippen molar-refractivity contribution in [2.24, 2.45) is 0 Å². The van der Waals surface area contributed by atoms with Crippen LogP contribution in [0.15, 0.2) is 30.5 Å². The lowest BCUT2D eigenvalue weighted by atomic mass is 10.1. The number of nitrogens with one attached hydrogen (secondary N) is 1. The number of benzene rings is 1. The van der Waals surface area contributed by atoms with Gasteiger partial charge in [0, 0.05) is 25.2 Å². The van der Waals surface area contributed by atoms with Gasteiger partial charge in [-0.3, -0.25) is 0 Å². The van der Waals surface area contributed by atoms with Gasteiger partial charge >= 0.3 is 0 Å². The maximum absolute atomic E-state index is 5.84. The van der Waals surface area contributed by atoms with Gasteiger partial charge in [-0.15, -0.1) is 0 Å². The number of ether oxygens (including phenoxy) is 2. The lowest BCUT2D eigenvalue weighted by Crippen LogP contribution is -2.19. The molecule has 1 unspecified atom stereocenters. The van der Waals surface area contributed by atoms with Gasteiger partial charge in [-0.2, -0.15) is 0 Å². The molecule has 1 aromatic heterocycles. The van der Waals surface area contributed by atoms with E-state index in [2.05, 4.69) is 16.4 Å². The van der Waals surface area contributed by atoms with Crippen molar-refractivity contribution in [2.75, 3.05) is 20.8 Å². The Hall–Kier alpha value is -1.65. The van der Waals surface area contributed by atoms with Crippen LogP contribution >= 0.6 is 0 Å². The molecular weight excluding hydrogens is 240 g/mol. The van der Waals surface area contributed by atoms with Crippen molar-refractivity contribution in [3.05, 3.63) is 36.0 Å². The average molecular weight is 260 g/mol. The standard InChI is InChI=1S/C15H20N2O2/c1-11(10-18-3)19-15-14-7-5-4-6-13(14)12(8-16-2)9-17-15/h4-7,9,11,16H,8,10H2,1-3H3. The Morgan fingerprint density at radius 1 is 1.26 bits per heavy atom. The Balaban J connectivity index is 2.37. The number of rotatable bonds is 6. The van der Waals surface area contributed by atoms with E-state index < -0.39 is 0 Å². The summed E-state index contributed by atoms with van der Waals surface area (Å²) in [5.74, 6) is 0.667. The summed E-state index contributed by atoms with van der Waals surface area (Å²) >= 11 is 0. The van der Waals surface area contributed by atoms with Crippen LogP contribution in [0.5, 0.6) is 5.88 Å². The van der Waals surface area contributed by atoms with Crippen LogP contribution in [0, 0.1) is 0 Å². The summed E-state index contributed by atoms with van der Waals surface area (Å²) in [6.45, 7) is 3.32. The number of pyridine rings is 1. The Kier molecular flexibility index (Phi) is 4.71. The van der Waals surface area contributed by atoms with E-state index in [1.54, 1.807) is 7.11 Å². The molecule has 102 valence electrons. The molecule has 4 nitrogen and oxygen atoms in total. The molecule has 0 spiro atoms. The molecule has 2 aromatic rings. The first-order valence-electron chi connectivity index (χ1n) is 6.43. The molecule has 0 fully saturated rings. The molecule has 0 saturated heterocycles. The minimum atomic E-state index is -0.0175. The van der Waals surface area contributed by atoms with Crippen molar-refractivity contribution < 1.29 is 9.47 Å². The zero-order valence-electron chi connectivity index (χ0n) is 11.6. The molecule has 0 amide bonds. The van der Waals surface area contributed by atoms with Crippen LogP contribution in [0.2, 0.25) is 0 Å². The molecule has 0 aliphatic carbocycles. The van der Waals surface area contributed by atoms with Crippen LogP contribution < -0.4 is 10.1 Å². The molecule has 0 bridgehead atoms.